The molecule has 1 heterocycles. The molecule has 0 spiro atoms. The summed E-state index contributed by atoms with van der Waals surface area (Å²) in [5, 5.41) is 13.5. The van der Waals surface area contributed by atoms with Gasteiger partial charge in [-0.15, -0.1) is 0 Å². The summed E-state index contributed by atoms with van der Waals surface area (Å²) in [6.07, 6.45) is 2.51. The van der Waals surface area contributed by atoms with E-state index in [2.05, 4.69) is 10.3 Å². The Hall–Kier alpha value is -2.14. The molecule has 1 aromatic carbocycles. The highest BCUT2D eigenvalue weighted by atomic mass is 16.3. The molecule has 5 nitrogen and oxygen atoms in total. The van der Waals surface area contributed by atoms with Crippen LogP contribution in [-0.2, 0) is 5.60 Å². The number of fused-ring (bicyclic) bond motifs is 1. The zero-order valence-corrected chi connectivity index (χ0v) is 11.2. The summed E-state index contributed by atoms with van der Waals surface area (Å²) in [5.74, 6) is -0.408. The predicted molar refractivity (Wildman–Crippen MR) is 75.7 cm³/mol. The molecular formula is C15H16N2O3. The number of rotatable bonds is 2. The molecule has 1 aromatic heterocycles. The maximum absolute atomic E-state index is 11.9. The van der Waals surface area contributed by atoms with E-state index in [9.17, 15) is 14.7 Å². The zero-order chi connectivity index (χ0) is 14.3. The molecule has 0 unspecified atom stereocenters. The van der Waals surface area contributed by atoms with Gasteiger partial charge in [0, 0.05) is 12.6 Å². The van der Waals surface area contributed by atoms with Gasteiger partial charge in [0.05, 0.1) is 5.60 Å². The Morgan fingerprint density at radius 2 is 2.10 bits per heavy atom. The normalized spacial score (nSPS) is 16.7. The maximum Gasteiger partial charge on any atom is 0.261 e. The third-order valence-electron chi connectivity index (χ3n) is 4.04. The molecule has 20 heavy (non-hydrogen) atoms. The van der Waals surface area contributed by atoms with Gasteiger partial charge >= 0.3 is 0 Å². The molecule has 3 N–H and O–H groups in total. The molecule has 104 valence electrons. The quantitative estimate of drug-likeness (QED) is 0.769. The lowest BCUT2D eigenvalue weighted by Gasteiger charge is -2.37. The van der Waals surface area contributed by atoms with Crippen LogP contribution in [0.2, 0.25) is 0 Å². The molecule has 1 aliphatic rings. The molecule has 5 heteroatoms. The molecule has 1 amide bonds. The van der Waals surface area contributed by atoms with Crippen molar-refractivity contribution in [1.29, 1.82) is 0 Å². The number of aromatic amines is 1. The smallest absolute Gasteiger partial charge is 0.261 e. The maximum atomic E-state index is 11.9. The predicted octanol–water partition coefficient (Wildman–Crippen LogP) is 1.26. The number of aromatic nitrogens is 1. The van der Waals surface area contributed by atoms with Crippen molar-refractivity contribution in [2.45, 2.75) is 24.9 Å². The lowest BCUT2D eigenvalue weighted by Crippen LogP contribution is -2.33. The largest absolute Gasteiger partial charge is 0.385 e. The summed E-state index contributed by atoms with van der Waals surface area (Å²) < 4.78 is 0. The van der Waals surface area contributed by atoms with E-state index in [1.54, 1.807) is 12.1 Å². The average molecular weight is 272 g/mol. The number of carbonyl (C=O) groups is 1. The first-order valence-electron chi connectivity index (χ1n) is 6.65. The van der Waals surface area contributed by atoms with Crippen LogP contribution in [0.4, 0.5) is 0 Å². The van der Waals surface area contributed by atoms with E-state index in [1.165, 1.54) is 7.05 Å². The van der Waals surface area contributed by atoms with Crippen molar-refractivity contribution in [2.24, 2.45) is 0 Å². The molecule has 1 fully saturated rings. The van der Waals surface area contributed by atoms with Crippen LogP contribution in [0.1, 0.15) is 35.2 Å². The summed E-state index contributed by atoms with van der Waals surface area (Å²) in [4.78, 5) is 26.2. The summed E-state index contributed by atoms with van der Waals surface area (Å²) in [7, 11) is 1.49. The SMILES string of the molecule is CNC(=O)c1cc2ccc(C3(O)CCC3)cc2[nH]c1=O. The molecule has 0 saturated heterocycles. The Bertz CT molecular complexity index is 744. The van der Waals surface area contributed by atoms with E-state index in [0.717, 1.165) is 30.2 Å². The van der Waals surface area contributed by atoms with E-state index >= 15 is 0 Å². The van der Waals surface area contributed by atoms with Gasteiger partial charge < -0.3 is 15.4 Å². The fraction of sp³-hybridized carbons (Fsp3) is 0.333. The first-order chi connectivity index (χ1) is 9.53. The first-order valence-corrected chi connectivity index (χ1v) is 6.65. The van der Waals surface area contributed by atoms with E-state index in [1.807, 2.05) is 12.1 Å². The Labute approximate surface area is 115 Å². The Balaban J connectivity index is 2.12. The van der Waals surface area contributed by atoms with Crippen molar-refractivity contribution in [3.8, 4) is 0 Å². The van der Waals surface area contributed by atoms with Gasteiger partial charge in [0.25, 0.3) is 11.5 Å². The third-order valence-corrected chi connectivity index (χ3v) is 4.04. The van der Waals surface area contributed by atoms with E-state index in [4.69, 9.17) is 0 Å². The molecule has 3 rings (SSSR count). The second-order valence-corrected chi connectivity index (χ2v) is 5.28. The van der Waals surface area contributed by atoms with Crippen molar-refractivity contribution in [3.63, 3.8) is 0 Å². The lowest BCUT2D eigenvalue weighted by molar-refractivity contribution is -0.0386. The Kier molecular flexibility index (Phi) is 2.87. The highest BCUT2D eigenvalue weighted by Gasteiger charge is 2.36. The highest BCUT2D eigenvalue weighted by Crippen LogP contribution is 2.41. The summed E-state index contributed by atoms with van der Waals surface area (Å²) in [6.45, 7) is 0. The van der Waals surface area contributed by atoms with Crippen LogP contribution in [0, 0.1) is 0 Å². The monoisotopic (exact) mass is 272 g/mol. The highest BCUT2D eigenvalue weighted by molar-refractivity contribution is 5.97. The van der Waals surface area contributed by atoms with Gasteiger partial charge in [-0.3, -0.25) is 9.59 Å². The number of hydrogen-bond donors (Lipinski definition) is 3. The minimum absolute atomic E-state index is 0.0927. The third kappa shape index (κ3) is 1.91. The number of aliphatic hydroxyl groups is 1. The standard InChI is InChI=1S/C15H16N2O3/c1-16-13(18)11-7-9-3-4-10(15(20)5-2-6-15)8-12(9)17-14(11)19/h3-4,7-8,20H,2,5-6H2,1H3,(H,16,18)(H,17,19). The van der Waals surface area contributed by atoms with Crippen LogP contribution in [-0.4, -0.2) is 23.0 Å². The summed E-state index contributed by atoms with van der Waals surface area (Å²) in [6, 6.07) is 7.04. The van der Waals surface area contributed by atoms with Crippen LogP contribution in [0.25, 0.3) is 10.9 Å². The molecular weight excluding hydrogens is 256 g/mol. The minimum atomic E-state index is -0.759. The second kappa shape index (κ2) is 4.45. The van der Waals surface area contributed by atoms with Crippen LogP contribution in [0.5, 0.6) is 0 Å². The van der Waals surface area contributed by atoms with Crippen LogP contribution >= 0.6 is 0 Å². The number of H-pyrrole nitrogens is 1. The molecule has 0 aliphatic heterocycles. The van der Waals surface area contributed by atoms with Crippen molar-refractivity contribution >= 4 is 16.8 Å². The molecule has 0 radical (unpaired) electrons. The molecule has 1 saturated carbocycles. The van der Waals surface area contributed by atoms with Gasteiger partial charge in [0.2, 0.25) is 0 Å². The zero-order valence-electron chi connectivity index (χ0n) is 11.2. The topological polar surface area (TPSA) is 82.2 Å². The summed E-state index contributed by atoms with van der Waals surface area (Å²) >= 11 is 0. The van der Waals surface area contributed by atoms with Gasteiger partial charge in [-0.25, -0.2) is 0 Å². The van der Waals surface area contributed by atoms with E-state index in [0.29, 0.717) is 5.52 Å². The molecule has 1 aliphatic carbocycles. The van der Waals surface area contributed by atoms with E-state index < -0.39 is 17.1 Å². The fourth-order valence-corrected chi connectivity index (χ4v) is 2.59. The first kappa shape index (κ1) is 12.9. The number of hydrogen-bond acceptors (Lipinski definition) is 3. The van der Waals surface area contributed by atoms with Crippen LogP contribution in [0.15, 0.2) is 29.1 Å². The number of amides is 1. The molecule has 2 aromatic rings. The van der Waals surface area contributed by atoms with Gasteiger partial charge in [-0.2, -0.15) is 0 Å². The Morgan fingerprint density at radius 1 is 1.35 bits per heavy atom. The van der Waals surface area contributed by atoms with Crippen LogP contribution in [0.3, 0.4) is 0 Å². The molecule has 0 atom stereocenters. The number of pyridine rings is 1. The second-order valence-electron chi connectivity index (χ2n) is 5.28. The van der Waals surface area contributed by atoms with Gasteiger partial charge in [-0.1, -0.05) is 12.1 Å². The number of benzene rings is 1. The van der Waals surface area contributed by atoms with Gasteiger partial charge in [0.1, 0.15) is 5.56 Å². The van der Waals surface area contributed by atoms with Crippen molar-refractivity contribution < 1.29 is 9.90 Å². The van der Waals surface area contributed by atoms with Crippen molar-refractivity contribution in [3.05, 3.63) is 45.7 Å². The molecule has 0 bridgehead atoms. The van der Waals surface area contributed by atoms with Crippen LogP contribution < -0.4 is 10.9 Å². The fourth-order valence-electron chi connectivity index (χ4n) is 2.59. The van der Waals surface area contributed by atoms with Gasteiger partial charge in [-0.05, 0) is 42.3 Å². The Morgan fingerprint density at radius 3 is 2.70 bits per heavy atom. The van der Waals surface area contributed by atoms with Crippen molar-refractivity contribution in [1.82, 2.24) is 10.3 Å². The average Bonchev–Trinajstić information content (AvgIpc) is 2.42. The van der Waals surface area contributed by atoms with Gasteiger partial charge in [0.15, 0.2) is 0 Å². The lowest BCUT2D eigenvalue weighted by atomic mass is 9.75. The minimum Gasteiger partial charge on any atom is -0.385 e. The summed E-state index contributed by atoms with van der Waals surface area (Å²) in [5.41, 5.74) is 0.370. The van der Waals surface area contributed by atoms with Crippen molar-refractivity contribution in [2.75, 3.05) is 7.05 Å². The number of carbonyl (C=O) groups excluding carboxylic acids is 1. The number of nitrogens with one attached hydrogen (secondary N) is 2. The van der Waals surface area contributed by atoms with E-state index in [-0.39, 0.29) is 5.56 Å².